The van der Waals surface area contributed by atoms with E-state index in [2.05, 4.69) is 0 Å². The van der Waals surface area contributed by atoms with Gasteiger partial charge in [-0.05, 0) is 24.1 Å². The predicted octanol–water partition coefficient (Wildman–Crippen LogP) is 1.87. The molecule has 1 heterocycles. The minimum atomic E-state index is -0.299. The molecule has 4 heteroatoms. The van der Waals surface area contributed by atoms with Crippen molar-refractivity contribution in [2.45, 2.75) is 6.42 Å². The van der Waals surface area contributed by atoms with Crippen LogP contribution in [0.3, 0.4) is 0 Å². The molecule has 0 bridgehead atoms. The van der Waals surface area contributed by atoms with Gasteiger partial charge in [0.15, 0.2) is 0 Å². The summed E-state index contributed by atoms with van der Waals surface area (Å²) in [5.74, 6) is -0.299. The van der Waals surface area contributed by atoms with Gasteiger partial charge >= 0.3 is 6.03 Å². The minimum Gasteiger partial charge on any atom is -0.330 e. The van der Waals surface area contributed by atoms with Gasteiger partial charge in [-0.25, -0.2) is 9.18 Å². The summed E-state index contributed by atoms with van der Waals surface area (Å²) < 4.78 is 13.0. The molecule has 0 saturated heterocycles. The summed E-state index contributed by atoms with van der Waals surface area (Å²) in [5.41, 5.74) is 1.74. The highest BCUT2D eigenvalue weighted by atomic mass is 19.1. The third-order valence-corrected chi connectivity index (χ3v) is 2.56. The molecule has 2 amide bonds. The third-order valence-electron chi connectivity index (χ3n) is 2.56. The molecular weight excluding hydrogens is 195 g/mol. The van der Waals surface area contributed by atoms with Gasteiger partial charge in [0.1, 0.15) is 5.82 Å². The molecule has 0 aliphatic carbocycles. The minimum absolute atomic E-state index is 0.0978. The SMILES string of the molecule is CN(C)C(=O)N1CCc2ccc(F)cc21. The molecule has 0 aromatic heterocycles. The Hall–Kier alpha value is -1.58. The van der Waals surface area contributed by atoms with Crippen molar-refractivity contribution in [1.29, 1.82) is 0 Å². The van der Waals surface area contributed by atoms with Crippen molar-refractivity contribution >= 4 is 11.7 Å². The average molecular weight is 208 g/mol. The number of benzene rings is 1. The first-order valence-corrected chi connectivity index (χ1v) is 4.87. The zero-order valence-electron chi connectivity index (χ0n) is 8.83. The van der Waals surface area contributed by atoms with Crippen LogP contribution in [0.1, 0.15) is 5.56 Å². The Morgan fingerprint density at radius 1 is 1.47 bits per heavy atom. The Labute approximate surface area is 88.1 Å². The summed E-state index contributed by atoms with van der Waals surface area (Å²) in [4.78, 5) is 14.9. The molecule has 2 rings (SSSR count). The number of anilines is 1. The quantitative estimate of drug-likeness (QED) is 0.638. The molecule has 1 aliphatic heterocycles. The monoisotopic (exact) mass is 208 g/mol. The Bertz CT molecular complexity index is 404. The lowest BCUT2D eigenvalue weighted by Crippen LogP contribution is -2.38. The van der Waals surface area contributed by atoms with Gasteiger partial charge in [-0.3, -0.25) is 4.90 Å². The normalized spacial score (nSPS) is 13.9. The van der Waals surface area contributed by atoms with E-state index in [0.29, 0.717) is 12.2 Å². The molecule has 1 aliphatic rings. The van der Waals surface area contributed by atoms with E-state index >= 15 is 0 Å². The summed E-state index contributed by atoms with van der Waals surface area (Å²) in [6.45, 7) is 0.635. The second-order valence-corrected chi connectivity index (χ2v) is 3.85. The van der Waals surface area contributed by atoms with Gasteiger partial charge in [0, 0.05) is 20.6 Å². The van der Waals surface area contributed by atoms with Crippen LogP contribution in [0.4, 0.5) is 14.9 Å². The first-order chi connectivity index (χ1) is 7.09. The van der Waals surface area contributed by atoms with Gasteiger partial charge < -0.3 is 4.90 Å². The summed E-state index contributed by atoms with van der Waals surface area (Å²) in [7, 11) is 3.39. The van der Waals surface area contributed by atoms with Gasteiger partial charge in [0.05, 0.1) is 5.69 Å². The molecule has 0 fully saturated rings. The van der Waals surface area contributed by atoms with E-state index < -0.39 is 0 Å². The van der Waals surface area contributed by atoms with E-state index in [1.165, 1.54) is 17.0 Å². The van der Waals surface area contributed by atoms with Crippen LogP contribution in [0.5, 0.6) is 0 Å². The molecule has 0 N–H and O–H groups in total. The van der Waals surface area contributed by atoms with Gasteiger partial charge in [-0.1, -0.05) is 6.07 Å². The molecule has 0 radical (unpaired) electrons. The standard InChI is InChI=1S/C11H13FN2O/c1-13(2)11(15)14-6-5-8-3-4-9(12)7-10(8)14/h3-4,7H,5-6H2,1-2H3. The van der Waals surface area contributed by atoms with Gasteiger partial charge in [-0.15, -0.1) is 0 Å². The number of rotatable bonds is 0. The number of carbonyl (C=O) groups excluding carboxylic acids is 1. The maximum Gasteiger partial charge on any atom is 0.323 e. The molecule has 0 spiro atoms. The van der Waals surface area contributed by atoms with E-state index in [1.807, 2.05) is 0 Å². The molecule has 3 nitrogen and oxygen atoms in total. The molecule has 0 unspecified atom stereocenters. The van der Waals surface area contributed by atoms with E-state index in [-0.39, 0.29) is 11.8 Å². The Morgan fingerprint density at radius 3 is 2.87 bits per heavy atom. The van der Waals surface area contributed by atoms with Crippen molar-refractivity contribution in [2.24, 2.45) is 0 Å². The topological polar surface area (TPSA) is 23.6 Å². The summed E-state index contributed by atoms with van der Waals surface area (Å²) >= 11 is 0. The van der Waals surface area contributed by atoms with Gasteiger partial charge in [-0.2, -0.15) is 0 Å². The number of amides is 2. The van der Waals surface area contributed by atoms with Crippen molar-refractivity contribution in [3.05, 3.63) is 29.6 Å². The zero-order valence-corrected chi connectivity index (χ0v) is 8.83. The molecule has 80 valence electrons. The van der Waals surface area contributed by atoms with E-state index in [1.54, 1.807) is 25.1 Å². The Balaban J connectivity index is 2.35. The fourth-order valence-electron chi connectivity index (χ4n) is 1.79. The van der Waals surface area contributed by atoms with Crippen LogP contribution in [-0.2, 0) is 6.42 Å². The van der Waals surface area contributed by atoms with Gasteiger partial charge in [0.2, 0.25) is 0 Å². The smallest absolute Gasteiger partial charge is 0.323 e. The second-order valence-electron chi connectivity index (χ2n) is 3.85. The van der Waals surface area contributed by atoms with Crippen LogP contribution in [0.25, 0.3) is 0 Å². The number of nitrogens with zero attached hydrogens (tertiary/aromatic N) is 2. The molecule has 0 atom stereocenters. The highest BCUT2D eigenvalue weighted by Crippen LogP contribution is 2.29. The lowest BCUT2D eigenvalue weighted by atomic mass is 10.2. The largest absolute Gasteiger partial charge is 0.330 e. The maximum atomic E-state index is 13.0. The Kier molecular flexibility index (Phi) is 2.34. The first kappa shape index (κ1) is 9.96. The molecule has 1 aromatic carbocycles. The van der Waals surface area contributed by atoms with Crippen LogP contribution in [0, 0.1) is 5.82 Å². The number of urea groups is 1. The average Bonchev–Trinajstić information content (AvgIpc) is 2.59. The van der Waals surface area contributed by atoms with Crippen LogP contribution in [0.15, 0.2) is 18.2 Å². The van der Waals surface area contributed by atoms with Crippen LogP contribution in [0.2, 0.25) is 0 Å². The van der Waals surface area contributed by atoms with Gasteiger partial charge in [0.25, 0.3) is 0 Å². The van der Waals surface area contributed by atoms with Crippen LogP contribution >= 0.6 is 0 Å². The maximum absolute atomic E-state index is 13.0. The number of fused-ring (bicyclic) bond motifs is 1. The first-order valence-electron chi connectivity index (χ1n) is 4.87. The number of hydrogen-bond donors (Lipinski definition) is 0. The highest BCUT2D eigenvalue weighted by Gasteiger charge is 2.25. The predicted molar refractivity (Wildman–Crippen MR) is 56.5 cm³/mol. The number of halogens is 1. The molecule has 15 heavy (non-hydrogen) atoms. The molecular formula is C11H13FN2O. The second kappa shape index (κ2) is 3.53. The number of carbonyl (C=O) groups is 1. The van der Waals surface area contributed by atoms with Crippen LogP contribution < -0.4 is 4.90 Å². The lowest BCUT2D eigenvalue weighted by Gasteiger charge is -2.21. The molecule has 0 saturated carbocycles. The van der Waals surface area contributed by atoms with Crippen molar-refractivity contribution in [2.75, 3.05) is 25.5 Å². The summed E-state index contributed by atoms with van der Waals surface area (Å²) in [6, 6.07) is 4.50. The van der Waals surface area contributed by atoms with E-state index in [0.717, 1.165) is 12.0 Å². The lowest BCUT2D eigenvalue weighted by molar-refractivity contribution is 0.224. The Morgan fingerprint density at radius 2 is 2.20 bits per heavy atom. The van der Waals surface area contributed by atoms with Crippen molar-refractivity contribution in [3.8, 4) is 0 Å². The third kappa shape index (κ3) is 1.67. The summed E-state index contributed by atoms with van der Waals surface area (Å²) in [6.07, 6.45) is 0.801. The van der Waals surface area contributed by atoms with Crippen molar-refractivity contribution < 1.29 is 9.18 Å². The van der Waals surface area contributed by atoms with E-state index in [9.17, 15) is 9.18 Å². The summed E-state index contributed by atoms with van der Waals surface area (Å²) in [5, 5.41) is 0. The fraction of sp³-hybridized carbons (Fsp3) is 0.364. The van der Waals surface area contributed by atoms with Crippen LogP contribution in [-0.4, -0.2) is 31.6 Å². The molecule has 1 aromatic rings. The van der Waals surface area contributed by atoms with Crippen molar-refractivity contribution in [3.63, 3.8) is 0 Å². The van der Waals surface area contributed by atoms with Crippen molar-refractivity contribution in [1.82, 2.24) is 4.90 Å². The highest BCUT2D eigenvalue weighted by molar-refractivity contribution is 5.93. The fourth-order valence-corrected chi connectivity index (χ4v) is 1.79. The number of hydrogen-bond acceptors (Lipinski definition) is 1. The van der Waals surface area contributed by atoms with E-state index in [4.69, 9.17) is 0 Å². The zero-order chi connectivity index (χ0) is 11.0.